The summed E-state index contributed by atoms with van der Waals surface area (Å²) < 4.78 is 0. The number of anilines is 4. The van der Waals surface area contributed by atoms with Crippen molar-refractivity contribution in [3.05, 3.63) is 79.7 Å². The van der Waals surface area contributed by atoms with Gasteiger partial charge < -0.3 is 10.6 Å². The van der Waals surface area contributed by atoms with E-state index in [-0.39, 0.29) is 20.1 Å². The van der Waals surface area contributed by atoms with Crippen molar-refractivity contribution in [1.29, 1.82) is 0 Å². The molecule has 0 bridgehead atoms. The number of nitrogens with one attached hydrogen (secondary N) is 2. The number of hydrogen-bond donors (Lipinski definition) is 2. The normalized spacial score (nSPS) is 10.1. The van der Waals surface area contributed by atoms with E-state index in [0.29, 0.717) is 11.4 Å². The SMILES string of the molecule is C#Cc1ccc(Nc2c(Cl)c(Cl)c(Nc3ccc(C#C)cc3)c(Cl)c2Cl)cc1. The maximum atomic E-state index is 6.46. The van der Waals surface area contributed by atoms with Crippen molar-refractivity contribution in [1.82, 2.24) is 0 Å². The Morgan fingerprint density at radius 3 is 1.07 bits per heavy atom. The van der Waals surface area contributed by atoms with Gasteiger partial charge in [0, 0.05) is 22.5 Å². The molecule has 0 heterocycles. The molecule has 0 aliphatic carbocycles. The highest BCUT2D eigenvalue weighted by atomic mass is 35.5. The first-order valence-electron chi connectivity index (χ1n) is 7.98. The van der Waals surface area contributed by atoms with Crippen molar-refractivity contribution in [2.24, 2.45) is 0 Å². The third-order valence-corrected chi connectivity index (χ3v) is 5.61. The molecule has 0 aliphatic heterocycles. The summed E-state index contributed by atoms with van der Waals surface area (Å²) in [5.74, 6) is 5.11. The molecule has 3 aromatic rings. The molecule has 3 aromatic carbocycles. The average molecular weight is 446 g/mol. The van der Waals surface area contributed by atoms with Crippen LogP contribution in [-0.4, -0.2) is 0 Å². The van der Waals surface area contributed by atoms with E-state index in [1.165, 1.54) is 0 Å². The highest BCUT2D eigenvalue weighted by Crippen LogP contribution is 2.49. The summed E-state index contributed by atoms with van der Waals surface area (Å²) in [7, 11) is 0. The van der Waals surface area contributed by atoms with Gasteiger partial charge in [0.2, 0.25) is 0 Å². The fourth-order valence-electron chi connectivity index (χ4n) is 2.44. The quantitative estimate of drug-likeness (QED) is 0.316. The molecule has 28 heavy (non-hydrogen) atoms. The fourth-order valence-corrected chi connectivity index (χ4v) is 3.48. The predicted octanol–water partition coefficient (Wildman–Crippen LogP) is 7.75. The van der Waals surface area contributed by atoms with Gasteiger partial charge in [-0.15, -0.1) is 12.8 Å². The van der Waals surface area contributed by atoms with Crippen molar-refractivity contribution in [3.8, 4) is 24.7 Å². The number of terminal acetylenes is 2. The largest absolute Gasteiger partial charge is 0.353 e. The molecular weight excluding hydrogens is 434 g/mol. The van der Waals surface area contributed by atoms with Gasteiger partial charge in [0.25, 0.3) is 0 Å². The molecule has 0 fully saturated rings. The zero-order chi connectivity index (χ0) is 20.3. The van der Waals surface area contributed by atoms with Crippen molar-refractivity contribution in [2.75, 3.05) is 10.6 Å². The fraction of sp³-hybridized carbons (Fsp3) is 0. The highest BCUT2D eigenvalue weighted by molar-refractivity contribution is 6.53. The van der Waals surface area contributed by atoms with E-state index in [1.54, 1.807) is 24.3 Å². The molecule has 2 N–H and O–H groups in total. The molecule has 138 valence electrons. The summed E-state index contributed by atoms with van der Waals surface area (Å²) in [5.41, 5.74) is 3.80. The van der Waals surface area contributed by atoms with Crippen LogP contribution in [0.25, 0.3) is 0 Å². The van der Waals surface area contributed by atoms with E-state index in [1.807, 2.05) is 24.3 Å². The Balaban J connectivity index is 1.96. The summed E-state index contributed by atoms with van der Waals surface area (Å²) in [5, 5.41) is 7.20. The van der Waals surface area contributed by atoms with Crippen LogP contribution in [0.1, 0.15) is 11.1 Å². The summed E-state index contributed by atoms with van der Waals surface area (Å²) in [6.07, 6.45) is 10.7. The topological polar surface area (TPSA) is 24.1 Å². The van der Waals surface area contributed by atoms with Crippen LogP contribution in [0, 0.1) is 24.7 Å². The van der Waals surface area contributed by atoms with Crippen molar-refractivity contribution in [2.45, 2.75) is 0 Å². The van der Waals surface area contributed by atoms with Crippen LogP contribution in [0.2, 0.25) is 20.1 Å². The van der Waals surface area contributed by atoms with Gasteiger partial charge in [0.15, 0.2) is 0 Å². The van der Waals surface area contributed by atoms with E-state index in [0.717, 1.165) is 22.5 Å². The van der Waals surface area contributed by atoms with Gasteiger partial charge in [-0.2, -0.15) is 0 Å². The van der Waals surface area contributed by atoms with Crippen LogP contribution < -0.4 is 10.6 Å². The summed E-state index contributed by atoms with van der Waals surface area (Å²) in [4.78, 5) is 0. The molecule has 0 saturated carbocycles. The minimum Gasteiger partial charge on any atom is -0.353 e. The smallest absolute Gasteiger partial charge is 0.0864 e. The molecule has 6 heteroatoms. The molecular formula is C22H12Cl4N2. The van der Waals surface area contributed by atoms with Crippen molar-refractivity contribution < 1.29 is 0 Å². The molecule has 0 atom stereocenters. The predicted molar refractivity (Wildman–Crippen MR) is 122 cm³/mol. The molecule has 0 spiro atoms. The van der Waals surface area contributed by atoms with E-state index < -0.39 is 0 Å². The standard InChI is InChI=1S/C22H12Cl4N2/c1-3-13-5-9-15(10-6-13)27-21-17(23)19(25)22(20(26)18(21)24)28-16-11-7-14(4-2)8-12-16/h1-2,5-12,27-28H. The Morgan fingerprint density at radius 1 is 0.536 bits per heavy atom. The lowest BCUT2D eigenvalue weighted by molar-refractivity contribution is 1.50. The first kappa shape index (κ1) is 20.3. The third-order valence-electron chi connectivity index (χ3n) is 3.91. The molecule has 0 radical (unpaired) electrons. The number of benzene rings is 3. The van der Waals surface area contributed by atoms with Crippen molar-refractivity contribution >= 4 is 69.2 Å². The Labute approximate surface area is 183 Å². The second-order valence-corrected chi connectivity index (χ2v) is 7.21. The van der Waals surface area contributed by atoms with Crippen LogP contribution in [-0.2, 0) is 0 Å². The molecule has 0 unspecified atom stereocenters. The Morgan fingerprint density at radius 2 is 0.821 bits per heavy atom. The molecule has 0 aliphatic rings. The van der Waals surface area contributed by atoms with Gasteiger partial charge >= 0.3 is 0 Å². The van der Waals surface area contributed by atoms with Gasteiger partial charge in [0.05, 0.1) is 31.5 Å². The molecule has 0 amide bonds. The highest BCUT2D eigenvalue weighted by Gasteiger charge is 2.21. The van der Waals surface area contributed by atoms with E-state index in [2.05, 4.69) is 22.5 Å². The van der Waals surface area contributed by atoms with Crippen LogP contribution >= 0.6 is 46.4 Å². The number of halogens is 4. The summed E-state index contributed by atoms with van der Waals surface area (Å²) in [6, 6.07) is 14.4. The van der Waals surface area contributed by atoms with Gasteiger partial charge in [-0.3, -0.25) is 0 Å². The first-order chi connectivity index (χ1) is 13.4. The van der Waals surface area contributed by atoms with Gasteiger partial charge in [-0.05, 0) is 48.5 Å². The number of rotatable bonds is 4. The molecule has 2 nitrogen and oxygen atoms in total. The van der Waals surface area contributed by atoms with E-state index >= 15 is 0 Å². The van der Waals surface area contributed by atoms with E-state index in [9.17, 15) is 0 Å². The van der Waals surface area contributed by atoms with Crippen LogP contribution in [0.4, 0.5) is 22.7 Å². The minimum atomic E-state index is 0.236. The van der Waals surface area contributed by atoms with Gasteiger partial charge in [-0.1, -0.05) is 58.2 Å². The molecule has 0 aromatic heterocycles. The first-order valence-corrected chi connectivity index (χ1v) is 9.49. The van der Waals surface area contributed by atoms with Crippen LogP contribution in [0.3, 0.4) is 0 Å². The third kappa shape index (κ3) is 4.17. The van der Waals surface area contributed by atoms with Gasteiger partial charge in [-0.25, -0.2) is 0 Å². The zero-order valence-electron chi connectivity index (χ0n) is 14.3. The Kier molecular flexibility index (Phi) is 6.30. The monoisotopic (exact) mass is 444 g/mol. The van der Waals surface area contributed by atoms with Crippen molar-refractivity contribution in [3.63, 3.8) is 0 Å². The van der Waals surface area contributed by atoms with Crippen LogP contribution in [0.5, 0.6) is 0 Å². The summed E-state index contributed by atoms with van der Waals surface area (Å²) >= 11 is 25.8. The minimum absolute atomic E-state index is 0.236. The maximum Gasteiger partial charge on any atom is 0.0864 e. The zero-order valence-corrected chi connectivity index (χ0v) is 17.3. The lowest BCUT2D eigenvalue weighted by atomic mass is 10.2. The number of hydrogen-bond acceptors (Lipinski definition) is 2. The molecule has 3 rings (SSSR count). The summed E-state index contributed by atoms with van der Waals surface area (Å²) in [6.45, 7) is 0. The lowest BCUT2D eigenvalue weighted by Gasteiger charge is -2.18. The van der Waals surface area contributed by atoms with E-state index in [4.69, 9.17) is 59.3 Å². The van der Waals surface area contributed by atoms with Crippen LogP contribution in [0.15, 0.2) is 48.5 Å². The maximum absolute atomic E-state index is 6.46. The van der Waals surface area contributed by atoms with Gasteiger partial charge in [0.1, 0.15) is 0 Å². The lowest BCUT2D eigenvalue weighted by Crippen LogP contribution is -1.99. The Hall–Kier alpha value is -2.46. The second kappa shape index (κ2) is 8.70. The second-order valence-electron chi connectivity index (χ2n) is 5.70. The Bertz CT molecular complexity index is 986. The average Bonchev–Trinajstić information content (AvgIpc) is 2.73. The molecule has 0 saturated heterocycles.